The van der Waals surface area contributed by atoms with Gasteiger partial charge in [-0.25, -0.2) is 10.2 Å². The molecule has 0 saturated carbocycles. The number of aryl methyl sites for hydroxylation is 1. The van der Waals surface area contributed by atoms with E-state index >= 15 is 0 Å². The molecule has 2 rings (SSSR count). The van der Waals surface area contributed by atoms with Gasteiger partial charge in [0.2, 0.25) is 0 Å². The van der Waals surface area contributed by atoms with E-state index < -0.39 is 17.8 Å². The van der Waals surface area contributed by atoms with E-state index in [4.69, 9.17) is 0 Å². The third kappa shape index (κ3) is 6.17. The number of anilines is 2. The molecule has 2 aromatic carbocycles. The van der Waals surface area contributed by atoms with Crippen LogP contribution in [0.15, 0.2) is 47.6 Å². The highest BCUT2D eigenvalue weighted by Crippen LogP contribution is 2.23. The molecule has 2 amide bonds. The average molecular weight is 396 g/mol. The Morgan fingerprint density at radius 3 is 2.48 bits per heavy atom. The van der Waals surface area contributed by atoms with Crippen LogP contribution in [0.25, 0.3) is 0 Å². The largest absolute Gasteiger partial charge is 0.478 e. The Balaban J connectivity index is 2.20. The third-order valence-corrected chi connectivity index (χ3v) is 4.28. The topological polar surface area (TPSA) is 120 Å². The van der Waals surface area contributed by atoms with Crippen LogP contribution in [-0.4, -0.2) is 35.1 Å². The number of amides is 2. The van der Waals surface area contributed by atoms with Gasteiger partial charge < -0.3 is 15.7 Å². The highest BCUT2D eigenvalue weighted by Gasteiger charge is 2.14. The first kappa shape index (κ1) is 21.6. The quantitative estimate of drug-likeness (QED) is 0.326. The standard InChI is InChI=1S/C21H24N4O4/c1-4-14(3)23-19(26)20(27)25-22-12-16-11-15(21(28)29)9-10-18(16)24-17-8-6-5-7-13(17)2/h5-12,14,24H,4H2,1-3H3,(H,23,26)(H,25,27)(H,28,29)/b22-12-/t14-/m0/s1. The van der Waals surface area contributed by atoms with Gasteiger partial charge in [-0.15, -0.1) is 0 Å². The van der Waals surface area contributed by atoms with Crippen molar-refractivity contribution in [2.75, 3.05) is 5.32 Å². The first-order valence-corrected chi connectivity index (χ1v) is 9.15. The summed E-state index contributed by atoms with van der Waals surface area (Å²) in [6.45, 7) is 5.62. The van der Waals surface area contributed by atoms with Crippen LogP contribution in [-0.2, 0) is 9.59 Å². The Labute approximate surface area is 169 Å². The van der Waals surface area contributed by atoms with Gasteiger partial charge >= 0.3 is 17.8 Å². The lowest BCUT2D eigenvalue weighted by atomic mass is 10.1. The van der Waals surface area contributed by atoms with Gasteiger partial charge in [-0.1, -0.05) is 25.1 Å². The fraction of sp³-hybridized carbons (Fsp3) is 0.238. The molecule has 4 N–H and O–H groups in total. The van der Waals surface area contributed by atoms with Crippen molar-refractivity contribution in [1.82, 2.24) is 10.7 Å². The molecular weight excluding hydrogens is 372 g/mol. The zero-order valence-electron chi connectivity index (χ0n) is 16.5. The zero-order chi connectivity index (χ0) is 21.4. The number of hydrogen-bond donors (Lipinski definition) is 4. The minimum absolute atomic E-state index is 0.0719. The Morgan fingerprint density at radius 2 is 1.83 bits per heavy atom. The van der Waals surface area contributed by atoms with Crippen LogP contribution in [0.2, 0.25) is 0 Å². The number of carboxylic acids is 1. The number of nitrogens with zero attached hydrogens (tertiary/aromatic N) is 1. The maximum atomic E-state index is 11.8. The monoisotopic (exact) mass is 396 g/mol. The lowest BCUT2D eigenvalue weighted by Crippen LogP contribution is -2.41. The molecule has 0 saturated heterocycles. The average Bonchev–Trinajstić information content (AvgIpc) is 2.70. The highest BCUT2D eigenvalue weighted by atomic mass is 16.4. The zero-order valence-corrected chi connectivity index (χ0v) is 16.5. The van der Waals surface area contributed by atoms with E-state index in [1.807, 2.05) is 38.1 Å². The Hall–Kier alpha value is -3.68. The third-order valence-electron chi connectivity index (χ3n) is 4.28. The molecule has 152 valence electrons. The van der Waals surface area contributed by atoms with E-state index in [1.54, 1.807) is 13.0 Å². The van der Waals surface area contributed by atoms with Crippen molar-refractivity contribution in [2.45, 2.75) is 33.2 Å². The number of hydrogen-bond acceptors (Lipinski definition) is 5. The normalized spacial score (nSPS) is 11.7. The minimum atomic E-state index is -1.08. The van der Waals surface area contributed by atoms with Crippen LogP contribution in [0, 0.1) is 6.92 Å². The van der Waals surface area contributed by atoms with Crippen LogP contribution in [0.5, 0.6) is 0 Å². The number of para-hydroxylation sites is 1. The number of carboxylic acid groups (broad SMARTS) is 1. The van der Waals surface area contributed by atoms with Gasteiger partial charge in [0.05, 0.1) is 11.8 Å². The van der Waals surface area contributed by atoms with E-state index in [0.29, 0.717) is 17.7 Å². The summed E-state index contributed by atoms with van der Waals surface area (Å²) in [5, 5.41) is 18.8. The van der Waals surface area contributed by atoms with Crippen molar-refractivity contribution in [3.8, 4) is 0 Å². The smallest absolute Gasteiger partial charge is 0.335 e. The van der Waals surface area contributed by atoms with Crippen LogP contribution in [0.1, 0.15) is 41.8 Å². The van der Waals surface area contributed by atoms with Gasteiger partial charge in [0.25, 0.3) is 0 Å². The second-order valence-electron chi connectivity index (χ2n) is 6.53. The molecule has 2 aromatic rings. The van der Waals surface area contributed by atoms with E-state index in [9.17, 15) is 19.5 Å². The number of aromatic carboxylic acids is 1. The van der Waals surface area contributed by atoms with E-state index in [1.165, 1.54) is 18.3 Å². The van der Waals surface area contributed by atoms with E-state index in [-0.39, 0.29) is 11.6 Å². The molecule has 0 aliphatic rings. The van der Waals surface area contributed by atoms with Gasteiger partial charge in [-0.05, 0) is 50.1 Å². The summed E-state index contributed by atoms with van der Waals surface area (Å²) in [6.07, 6.45) is 1.99. The van der Waals surface area contributed by atoms with E-state index in [0.717, 1.165) is 11.3 Å². The molecule has 1 atom stereocenters. The van der Waals surface area contributed by atoms with Crippen LogP contribution in [0.4, 0.5) is 11.4 Å². The Bertz CT molecular complexity index is 940. The molecule has 0 aliphatic heterocycles. The molecule has 0 aromatic heterocycles. The van der Waals surface area contributed by atoms with Gasteiger partial charge in [0.1, 0.15) is 0 Å². The fourth-order valence-electron chi connectivity index (χ4n) is 2.38. The number of hydrazone groups is 1. The summed E-state index contributed by atoms with van der Waals surface area (Å²) in [6, 6.07) is 12.0. The molecule has 0 heterocycles. The maximum absolute atomic E-state index is 11.8. The number of carbonyl (C=O) groups excluding carboxylic acids is 2. The van der Waals surface area contributed by atoms with Gasteiger partial charge in [0.15, 0.2) is 0 Å². The minimum Gasteiger partial charge on any atom is -0.478 e. The van der Waals surface area contributed by atoms with E-state index in [2.05, 4.69) is 21.2 Å². The molecule has 8 heteroatoms. The van der Waals surface area contributed by atoms with Crippen molar-refractivity contribution in [3.63, 3.8) is 0 Å². The second kappa shape index (κ2) is 10.0. The molecule has 0 unspecified atom stereocenters. The number of carbonyl (C=O) groups is 3. The summed E-state index contributed by atoms with van der Waals surface area (Å²) in [4.78, 5) is 34.9. The van der Waals surface area contributed by atoms with Gasteiger partial charge in [0, 0.05) is 23.0 Å². The predicted octanol–water partition coefficient (Wildman–Crippen LogP) is 2.80. The van der Waals surface area contributed by atoms with Gasteiger partial charge in [-0.2, -0.15) is 5.10 Å². The number of nitrogens with one attached hydrogen (secondary N) is 3. The number of rotatable bonds is 7. The summed E-state index contributed by atoms with van der Waals surface area (Å²) in [5.41, 5.74) is 5.13. The molecule has 8 nitrogen and oxygen atoms in total. The van der Waals surface area contributed by atoms with Crippen LogP contribution in [0.3, 0.4) is 0 Å². The SMILES string of the molecule is CC[C@H](C)NC(=O)C(=O)N/N=C\c1cc(C(=O)O)ccc1Nc1ccccc1C. The molecular formula is C21H24N4O4. The first-order chi connectivity index (χ1) is 13.8. The van der Waals surface area contributed by atoms with Crippen molar-refractivity contribution in [2.24, 2.45) is 5.10 Å². The molecule has 0 radical (unpaired) electrons. The summed E-state index contributed by atoms with van der Waals surface area (Å²) >= 11 is 0. The van der Waals surface area contributed by atoms with Crippen LogP contribution >= 0.6 is 0 Å². The molecule has 0 aliphatic carbocycles. The van der Waals surface area contributed by atoms with Crippen molar-refractivity contribution in [1.29, 1.82) is 0 Å². The highest BCUT2D eigenvalue weighted by molar-refractivity contribution is 6.35. The molecule has 0 fully saturated rings. The summed E-state index contributed by atoms with van der Waals surface area (Å²) in [7, 11) is 0. The van der Waals surface area contributed by atoms with Gasteiger partial charge in [-0.3, -0.25) is 9.59 Å². The maximum Gasteiger partial charge on any atom is 0.335 e. The summed E-state index contributed by atoms with van der Waals surface area (Å²) in [5.74, 6) is -2.77. The predicted molar refractivity (Wildman–Crippen MR) is 111 cm³/mol. The second-order valence-corrected chi connectivity index (χ2v) is 6.53. The molecule has 0 spiro atoms. The molecule has 29 heavy (non-hydrogen) atoms. The fourth-order valence-corrected chi connectivity index (χ4v) is 2.38. The number of benzene rings is 2. The van der Waals surface area contributed by atoms with Crippen molar-refractivity contribution < 1.29 is 19.5 Å². The first-order valence-electron chi connectivity index (χ1n) is 9.15. The summed E-state index contributed by atoms with van der Waals surface area (Å²) < 4.78 is 0. The van der Waals surface area contributed by atoms with Crippen molar-refractivity contribution >= 4 is 35.4 Å². The Kier molecular flexibility index (Phi) is 7.47. The lowest BCUT2D eigenvalue weighted by Gasteiger charge is -2.12. The molecule has 0 bridgehead atoms. The van der Waals surface area contributed by atoms with Crippen LogP contribution < -0.4 is 16.1 Å². The lowest BCUT2D eigenvalue weighted by molar-refractivity contribution is -0.139. The Morgan fingerprint density at radius 1 is 1.10 bits per heavy atom. The van der Waals surface area contributed by atoms with Crippen molar-refractivity contribution in [3.05, 3.63) is 59.2 Å².